The van der Waals surface area contributed by atoms with E-state index in [0.717, 1.165) is 11.0 Å². The highest BCUT2D eigenvalue weighted by atomic mass is 19.4. The lowest BCUT2D eigenvalue weighted by Gasteiger charge is -2.30. The summed E-state index contributed by atoms with van der Waals surface area (Å²) in [5.41, 5.74) is -3.11. The van der Waals surface area contributed by atoms with Crippen molar-refractivity contribution >= 4 is 5.91 Å². The monoisotopic (exact) mass is 335 g/mol. The first kappa shape index (κ1) is 17.7. The van der Waals surface area contributed by atoms with Gasteiger partial charge in [0.05, 0.1) is 12.5 Å². The number of amides is 1. The van der Waals surface area contributed by atoms with Crippen molar-refractivity contribution in [1.82, 2.24) is 14.9 Å². The number of halogens is 3. The molecule has 0 saturated carbocycles. The maximum atomic E-state index is 13.3. The molecule has 0 aromatic carbocycles. The van der Waals surface area contributed by atoms with Crippen LogP contribution in [0.25, 0.3) is 0 Å². The van der Waals surface area contributed by atoms with Crippen molar-refractivity contribution in [2.45, 2.75) is 31.0 Å². The first-order chi connectivity index (χ1) is 10.8. The number of nitrogens with one attached hydrogen (secondary N) is 1. The predicted molar refractivity (Wildman–Crippen MR) is 74.3 cm³/mol. The van der Waals surface area contributed by atoms with Crippen LogP contribution in [0.1, 0.15) is 25.1 Å². The fourth-order valence-corrected chi connectivity index (χ4v) is 2.60. The van der Waals surface area contributed by atoms with Gasteiger partial charge in [-0.1, -0.05) is 0 Å². The molecule has 0 spiro atoms. The van der Waals surface area contributed by atoms with Gasteiger partial charge < -0.3 is 19.7 Å². The van der Waals surface area contributed by atoms with E-state index in [1.165, 1.54) is 19.4 Å². The van der Waals surface area contributed by atoms with Crippen molar-refractivity contribution in [2.24, 2.45) is 13.0 Å². The highest BCUT2D eigenvalue weighted by molar-refractivity contribution is 5.78. The summed E-state index contributed by atoms with van der Waals surface area (Å²) in [6, 6.07) is 0. The zero-order valence-electron chi connectivity index (χ0n) is 12.8. The predicted octanol–water partition coefficient (Wildman–Crippen LogP) is 1.10. The summed E-state index contributed by atoms with van der Waals surface area (Å²) < 4.78 is 46.2. The summed E-state index contributed by atoms with van der Waals surface area (Å²) in [5, 5.41) is 12.6. The fourth-order valence-electron chi connectivity index (χ4n) is 2.60. The first-order valence-electron chi connectivity index (χ1n) is 7.38. The lowest BCUT2D eigenvalue weighted by atomic mass is 9.97. The number of carbonyl (C=O) groups is 1. The highest BCUT2D eigenvalue weighted by Gasteiger charge is 2.57. The maximum absolute atomic E-state index is 13.3. The van der Waals surface area contributed by atoms with Gasteiger partial charge in [-0.3, -0.25) is 4.79 Å². The van der Waals surface area contributed by atoms with Gasteiger partial charge in [-0.05, 0) is 12.8 Å². The van der Waals surface area contributed by atoms with Gasteiger partial charge >= 0.3 is 6.18 Å². The Bertz CT molecular complexity index is 541. The number of aryl methyl sites for hydroxylation is 1. The zero-order chi connectivity index (χ0) is 17.1. The summed E-state index contributed by atoms with van der Waals surface area (Å²) >= 11 is 0. The Balaban J connectivity index is 2.00. The van der Waals surface area contributed by atoms with E-state index in [2.05, 4.69) is 10.3 Å². The molecule has 23 heavy (non-hydrogen) atoms. The Morgan fingerprint density at radius 3 is 2.83 bits per heavy atom. The van der Waals surface area contributed by atoms with E-state index in [1.807, 2.05) is 0 Å². The van der Waals surface area contributed by atoms with Crippen LogP contribution in [0.15, 0.2) is 12.4 Å². The van der Waals surface area contributed by atoms with Crippen LogP contribution in [-0.2, 0) is 22.2 Å². The van der Waals surface area contributed by atoms with Crippen molar-refractivity contribution < 1.29 is 27.8 Å². The summed E-state index contributed by atoms with van der Waals surface area (Å²) in [6.45, 7) is 0.559. The topological polar surface area (TPSA) is 76.4 Å². The second kappa shape index (κ2) is 6.88. The molecule has 2 N–H and O–H groups in total. The van der Waals surface area contributed by atoms with Crippen LogP contribution >= 0.6 is 0 Å². The van der Waals surface area contributed by atoms with Gasteiger partial charge in [-0.25, -0.2) is 4.98 Å². The van der Waals surface area contributed by atoms with Crippen molar-refractivity contribution in [1.29, 1.82) is 0 Å². The number of hydrogen-bond acceptors (Lipinski definition) is 4. The molecule has 1 aromatic heterocycles. The van der Waals surface area contributed by atoms with Crippen LogP contribution in [0.3, 0.4) is 0 Å². The molecule has 1 aliphatic rings. The number of carbonyl (C=O) groups excluding carboxylic acids is 1. The molecule has 2 unspecified atom stereocenters. The Labute approximate surface area is 131 Å². The smallest absolute Gasteiger partial charge is 0.381 e. The van der Waals surface area contributed by atoms with Gasteiger partial charge in [0.15, 0.2) is 0 Å². The minimum absolute atomic E-state index is 0.273. The van der Waals surface area contributed by atoms with Crippen LogP contribution in [-0.4, -0.2) is 46.5 Å². The van der Waals surface area contributed by atoms with Gasteiger partial charge in [-0.15, -0.1) is 0 Å². The molecule has 1 aromatic rings. The standard InChI is InChI=1S/C14H20F3N3O3/c1-20-7-6-19-12(20)13(22,14(15,16)17)4-5-18-11(21)10-3-2-8-23-9-10/h6-7,10,22H,2-5,8-9H2,1H3,(H,18,21). The highest BCUT2D eigenvalue weighted by Crippen LogP contribution is 2.40. The van der Waals surface area contributed by atoms with E-state index in [1.54, 1.807) is 0 Å². The third-order valence-corrected chi connectivity index (χ3v) is 3.98. The number of aliphatic hydroxyl groups is 1. The van der Waals surface area contributed by atoms with Gasteiger partial charge in [-0.2, -0.15) is 13.2 Å². The molecule has 2 heterocycles. The van der Waals surface area contributed by atoms with Gasteiger partial charge in [0.2, 0.25) is 11.5 Å². The number of rotatable bonds is 5. The molecule has 0 bridgehead atoms. The molecule has 1 aliphatic heterocycles. The molecule has 1 saturated heterocycles. The molecule has 6 nitrogen and oxygen atoms in total. The normalized spacial score (nSPS) is 21.7. The van der Waals surface area contributed by atoms with E-state index in [-0.39, 0.29) is 25.0 Å². The molecule has 1 amide bonds. The average Bonchev–Trinajstić information content (AvgIpc) is 2.93. The summed E-state index contributed by atoms with van der Waals surface area (Å²) in [4.78, 5) is 15.5. The minimum Gasteiger partial charge on any atom is -0.381 e. The van der Waals surface area contributed by atoms with Crippen LogP contribution in [0.2, 0.25) is 0 Å². The second-order valence-corrected chi connectivity index (χ2v) is 5.67. The molecule has 1 fully saturated rings. The molecule has 0 aliphatic carbocycles. The fraction of sp³-hybridized carbons (Fsp3) is 0.714. The molecule has 9 heteroatoms. The number of alkyl halides is 3. The Morgan fingerprint density at radius 2 is 2.30 bits per heavy atom. The molecule has 2 rings (SSSR count). The molecular formula is C14H20F3N3O3. The van der Waals surface area contributed by atoms with E-state index in [9.17, 15) is 23.1 Å². The number of aromatic nitrogens is 2. The van der Waals surface area contributed by atoms with Crippen LogP contribution < -0.4 is 5.32 Å². The molecule has 130 valence electrons. The third kappa shape index (κ3) is 3.84. The largest absolute Gasteiger partial charge is 0.424 e. The molecule has 2 atom stereocenters. The number of ether oxygens (including phenoxy) is 1. The van der Waals surface area contributed by atoms with Crippen LogP contribution in [0, 0.1) is 5.92 Å². The van der Waals surface area contributed by atoms with E-state index in [0.29, 0.717) is 13.0 Å². The summed E-state index contributed by atoms with van der Waals surface area (Å²) in [7, 11) is 1.37. The molecular weight excluding hydrogens is 315 g/mol. The van der Waals surface area contributed by atoms with Gasteiger partial charge in [0, 0.05) is 39.0 Å². The van der Waals surface area contributed by atoms with Crippen LogP contribution in [0.4, 0.5) is 13.2 Å². The van der Waals surface area contributed by atoms with Crippen molar-refractivity contribution in [3.63, 3.8) is 0 Å². The lowest BCUT2D eigenvalue weighted by Crippen LogP contribution is -2.47. The second-order valence-electron chi connectivity index (χ2n) is 5.67. The van der Waals surface area contributed by atoms with E-state index in [4.69, 9.17) is 4.74 Å². The Hall–Kier alpha value is -1.61. The Kier molecular flexibility index (Phi) is 5.30. The SMILES string of the molecule is Cn1ccnc1C(O)(CCNC(=O)C1CCCOC1)C(F)(F)F. The number of nitrogens with zero attached hydrogens (tertiary/aromatic N) is 2. The van der Waals surface area contributed by atoms with Gasteiger partial charge in [0.1, 0.15) is 5.82 Å². The van der Waals surface area contributed by atoms with Crippen LogP contribution in [0.5, 0.6) is 0 Å². The zero-order valence-corrected chi connectivity index (χ0v) is 12.8. The quantitative estimate of drug-likeness (QED) is 0.845. The van der Waals surface area contributed by atoms with E-state index < -0.39 is 24.0 Å². The first-order valence-corrected chi connectivity index (χ1v) is 7.38. The Morgan fingerprint density at radius 1 is 1.57 bits per heavy atom. The minimum atomic E-state index is -4.90. The average molecular weight is 335 g/mol. The van der Waals surface area contributed by atoms with E-state index >= 15 is 0 Å². The van der Waals surface area contributed by atoms with Gasteiger partial charge in [0.25, 0.3) is 0 Å². The number of hydrogen-bond donors (Lipinski definition) is 2. The number of imidazole rings is 1. The summed E-state index contributed by atoms with van der Waals surface area (Å²) in [5.74, 6) is -1.20. The molecule has 0 radical (unpaired) electrons. The van der Waals surface area contributed by atoms with Crippen molar-refractivity contribution in [3.05, 3.63) is 18.2 Å². The summed E-state index contributed by atoms with van der Waals surface area (Å²) in [6.07, 6.45) is -1.70. The lowest BCUT2D eigenvalue weighted by molar-refractivity contribution is -0.272. The van der Waals surface area contributed by atoms with Crippen molar-refractivity contribution in [3.8, 4) is 0 Å². The van der Waals surface area contributed by atoms with Crippen molar-refractivity contribution in [2.75, 3.05) is 19.8 Å². The third-order valence-electron chi connectivity index (χ3n) is 3.98. The maximum Gasteiger partial charge on any atom is 0.424 e.